The fourth-order valence-electron chi connectivity index (χ4n) is 2.62. The van der Waals surface area contributed by atoms with Crippen LogP contribution in [0.5, 0.6) is 0 Å². The molecule has 0 unspecified atom stereocenters. The Balaban J connectivity index is 2.05. The van der Waals surface area contributed by atoms with E-state index in [1.165, 1.54) is 11.1 Å². The van der Waals surface area contributed by atoms with Gasteiger partial charge >= 0.3 is 0 Å². The van der Waals surface area contributed by atoms with Crippen LogP contribution in [0.4, 0.5) is 0 Å². The lowest BCUT2D eigenvalue weighted by Gasteiger charge is -2.13. The number of aromatic nitrogens is 2. The summed E-state index contributed by atoms with van der Waals surface area (Å²) in [5.41, 5.74) is 2.59. The highest BCUT2D eigenvalue weighted by molar-refractivity contribution is 5.16. The van der Waals surface area contributed by atoms with Crippen molar-refractivity contribution in [3.63, 3.8) is 0 Å². The second-order valence-corrected chi connectivity index (χ2v) is 5.50. The maximum Gasteiger partial charge on any atom is 0.0525 e. The van der Waals surface area contributed by atoms with Crippen molar-refractivity contribution in [3.05, 3.63) is 29.6 Å². The molecule has 1 N–H and O–H groups in total. The molecule has 1 fully saturated rings. The summed E-state index contributed by atoms with van der Waals surface area (Å²) >= 11 is 0. The molecule has 1 aromatic rings. The molecule has 0 saturated carbocycles. The first-order valence-electron chi connectivity index (χ1n) is 6.55. The number of hydrogen-bond acceptors (Lipinski definition) is 3. The average molecular weight is 249 g/mol. The second-order valence-electron chi connectivity index (χ2n) is 5.50. The Bertz CT molecular complexity index is 420. The standard InChI is InChI=1S/C14H23N3O/c1-11(2)4-5-17-8-13(10-18)14(9-17)12-6-15-16(3)7-12/h4,6-7,13-14,18H,5,8-10H2,1-3H3/t13-,14-/m0/s1. The lowest BCUT2D eigenvalue weighted by atomic mass is 9.92. The molecule has 1 aromatic heterocycles. The second kappa shape index (κ2) is 5.67. The average Bonchev–Trinajstić information content (AvgIpc) is 2.92. The minimum atomic E-state index is 0.255. The van der Waals surface area contributed by atoms with E-state index in [2.05, 4.69) is 36.1 Å². The molecule has 1 saturated heterocycles. The summed E-state index contributed by atoms with van der Waals surface area (Å²) < 4.78 is 1.84. The van der Waals surface area contributed by atoms with Crippen LogP contribution in [0, 0.1) is 5.92 Å². The molecule has 100 valence electrons. The number of nitrogens with zero attached hydrogens (tertiary/aromatic N) is 3. The number of aryl methyl sites for hydroxylation is 1. The van der Waals surface area contributed by atoms with Crippen LogP contribution in [0.25, 0.3) is 0 Å². The summed E-state index contributed by atoms with van der Waals surface area (Å²) in [7, 11) is 1.94. The Kier molecular flexibility index (Phi) is 4.19. The first-order chi connectivity index (χ1) is 8.60. The molecule has 2 atom stereocenters. The summed E-state index contributed by atoms with van der Waals surface area (Å²) in [4.78, 5) is 2.41. The highest BCUT2D eigenvalue weighted by Gasteiger charge is 2.33. The number of likely N-dealkylation sites (tertiary alicyclic amines) is 1. The van der Waals surface area contributed by atoms with E-state index in [9.17, 15) is 5.11 Å². The van der Waals surface area contributed by atoms with E-state index in [0.717, 1.165) is 19.6 Å². The molecule has 18 heavy (non-hydrogen) atoms. The molecule has 0 aromatic carbocycles. The van der Waals surface area contributed by atoms with Gasteiger partial charge in [0.1, 0.15) is 0 Å². The van der Waals surface area contributed by atoms with Crippen LogP contribution < -0.4 is 0 Å². The Morgan fingerprint density at radius 3 is 2.83 bits per heavy atom. The summed E-state index contributed by atoms with van der Waals surface area (Å²) in [5.74, 6) is 0.744. The van der Waals surface area contributed by atoms with Crippen LogP contribution >= 0.6 is 0 Å². The Morgan fingerprint density at radius 1 is 1.50 bits per heavy atom. The third kappa shape index (κ3) is 3.00. The van der Waals surface area contributed by atoms with Gasteiger partial charge in [-0.25, -0.2) is 0 Å². The monoisotopic (exact) mass is 249 g/mol. The first kappa shape index (κ1) is 13.3. The van der Waals surface area contributed by atoms with E-state index in [0.29, 0.717) is 11.8 Å². The molecule has 0 bridgehead atoms. The largest absolute Gasteiger partial charge is 0.396 e. The van der Waals surface area contributed by atoms with Crippen LogP contribution in [0.3, 0.4) is 0 Å². The van der Waals surface area contributed by atoms with Gasteiger partial charge in [0.15, 0.2) is 0 Å². The van der Waals surface area contributed by atoms with Gasteiger partial charge in [0.05, 0.1) is 6.20 Å². The number of rotatable bonds is 4. The predicted octanol–water partition coefficient (Wildman–Crippen LogP) is 1.39. The molecule has 0 spiro atoms. The highest BCUT2D eigenvalue weighted by atomic mass is 16.3. The molecule has 4 heteroatoms. The summed E-state index contributed by atoms with van der Waals surface area (Å²) in [5, 5.41) is 13.8. The summed E-state index contributed by atoms with van der Waals surface area (Å²) in [6.07, 6.45) is 6.25. The van der Waals surface area contributed by atoms with Crippen molar-refractivity contribution >= 4 is 0 Å². The Morgan fingerprint density at radius 2 is 2.28 bits per heavy atom. The SMILES string of the molecule is CC(C)=CCN1C[C@@H](CO)[C@H](c2cnn(C)c2)C1. The summed E-state index contributed by atoms with van der Waals surface area (Å²) in [6, 6.07) is 0. The van der Waals surface area contributed by atoms with Gasteiger partial charge < -0.3 is 5.11 Å². The van der Waals surface area contributed by atoms with E-state index in [4.69, 9.17) is 0 Å². The minimum Gasteiger partial charge on any atom is -0.396 e. The topological polar surface area (TPSA) is 41.3 Å². The lowest BCUT2D eigenvalue weighted by Crippen LogP contribution is -2.21. The zero-order chi connectivity index (χ0) is 13.1. The number of aliphatic hydroxyl groups excluding tert-OH is 1. The van der Waals surface area contributed by atoms with Crippen LogP contribution in [-0.4, -0.2) is 46.0 Å². The highest BCUT2D eigenvalue weighted by Crippen LogP contribution is 2.31. The van der Waals surface area contributed by atoms with Crippen molar-refractivity contribution in [2.24, 2.45) is 13.0 Å². The van der Waals surface area contributed by atoms with Gasteiger partial charge in [-0.3, -0.25) is 9.58 Å². The third-order valence-corrected chi connectivity index (χ3v) is 3.66. The molecule has 0 amide bonds. The molecule has 0 aliphatic carbocycles. The number of aliphatic hydroxyl groups is 1. The van der Waals surface area contributed by atoms with Gasteiger partial charge in [-0.2, -0.15) is 5.10 Å². The van der Waals surface area contributed by atoms with Gasteiger partial charge in [-0.1, -0.05) is 11.6 Å². The molecular weight excluding hydrogens is 226 g/mol. The zero-order valence-electron chi connectivity index (χ0n) is 11.5. The van der Waals surface area contributed by atoms with Gasteiger partial charge in [0.2, 0.25) is 0 Å². The van der Waals surface area contributed by atoms with Crippen LogP contribution in [-0.2, 0) is 7.05 Å². The minimum absolute atomic E-state index is 0.255. The Labute approximate surface area is 109 Å². The van der Waals surface area contributed by atoms with E-state index < -0.39 is 0 Å². The van der Waals surface area contributed by atoms with Crippen LogP contribution in [0.1, 0.15) is 25.3 Å². The predicted molar refractivity (Wildman–Crippen MR) is 72.4 cm³/mol. The van der Waals surface area contributed by atoms with Crippen molar-refractivity contribution in [2.45, 2.75) is 19.8 Å². The van der Waals surface area contributed by atoms with E-state index in [1.54, 1.807) is 0 Å². The molecular formula is C14H23N3O. The molecule has 2 heterocycles. The van der Waals surface area contributed by atoms with Crippen molar-refractivity contribution in [3.8, 4) is 0 Å². The normalized spacial score (nSPS) is 24.4. The van der Waals surface area contributed by atoms with Crippen molar-refractivity contribution < 1.29 is 5.11 Å². The fraction of sp³-hybridized carbons (Fsp3) is 0.643. The summed E-state index contributed by atoms with van der Waals surface area (Å²) in [6.45, 7) is 7.47. The maximum absolute atomic E-state index is 9.53. The quantitative estimate of drug-likeness (QED) is 0.820. The smallest absolute Gasteiger partial charge is 0.0525 e. The number of allylic oxidation sites excluding steroid dienone is 1. The third-order valence-electron chi connectivity index (χ3n) is 3.66. The van der Waals surface area contributed by atoms with E-state index in [1.807, 2.05) is 17.9 Å². The van der Waals surface area contributed by atoms with Crippen LogP contribution in [0.2, 0.25) is 0 Å². The zero-order valence-corrected chi connectivity index (χ0v) is 11.5. The van der Waals surface area contributed by atoms with Crippen molar-refractivity contribution in [1.82, 2.24) is 14.7 Å². The van der Waals surface area contributed by atoms with Gasteiger partial charge in [-0.15, -0.1) is 0 Å². The Hall–Kier alpha value is -1.13. The number of hydrogen-bond donors (Lipinski definition) is 1. The van der Waals surface area contributed by atoms with Crippen LogP contribution in [0.15, 0.2) is 24.0 Å². The molecule has 1 aliphatic heterocycles. The lowest BCUT2D eigenvalue weighted by molar-refractivity contribution is 0.217. The van der Waals surface area contributed by atoms with Crippen molar-refractivity contribution in [1.29, 1.82) is 0 Å². The molecule has 2 rings (SSSR count). The van der Waals surface area contributed by atoms with Gasteiger partial charge in [0.25, 0.3) is 0 Å². The molecule has 4 nitrogen and oxygen atoms in total. The van der Waals surface area contributed by atoms with E-state index >= 15 is 0 Å². The van der Waals surface area contributed by atoms with Crippen molar-refractivity contribution in [2.75, 3.05) is 26.2 Å². The maximum atomic E-state index is 9.53. The van der Waals surface area contributed by atoms with Gasteiger partial charge in [-0.05, 0) is 19.4 Å². The van der Waals surface area contributed by atoms with E-state index in [-0.39, 0.29) is 6.61 Å². The molecule has 1 aliphatic rings. The first-order valence-corrected chi connectivity index (χ1v) is 6.55. The van der Waals surface area contributed by atoms with Gasteiger partial charge in [0, 0.05) is 51.3 Å². The molecule has 0 radical (unpaired) electrons. The fourth-order valence-corrected chi connectivity index (χ4v) is 2.62.